The maximum absolute atomic E-state index is 8.76. The maximum atomic E-state index is 8.76. The molecule has 20 heavy (non-hydrogen) atoms. The Labute approximate surface area is 116 Å². The second-order valence-electron chi connectivity index (χ2n) is 4.75. The zero-order valence-corrected chi connectivity index (χ0v) is 11.1. The molecule has 2 heterocycles. The van der Waals surface area contributed by atoms with Gasteiger partial charge >= 0.3 is 0 Å². The first-order chi connectivity index (χ1) is 9.86. The summed E-state index contributed by atoms with van der Waals surface area (Å²) in [6.45, 7) is 2.08. The molecule has 6 heteroatoms. The van der Waals surface area contributed by atoms with Crippen LogP contribution < -0.4 is 5.32 Å². The molecule has 1 aromatic carbocycles. The summed E-state index contributed by atoms with van der Waals surface area (Å²) in [4.78, 5) is 4.44. The van der Waals surface area contributed by atoms with Gasteiger partial charge in [0, 0.05) is 30.3 Å². The summed E-state index contributed by atoms with van der Waals surface area (Å²) in [6.07, 6.45) is 0.947. The van der Waals surface area contributed by atoms with Crippen LogP contribution in [0.1, 0.15) is 18.2 Å². The molecule has 1 aromatic heterocycles. The molecule has 1 fully saturated rings. The first kappa shape index (κ1) is 13.1. The Hall–Kier alpha value is -1.92. The van der Waals surface area contributed by atoms with Gasteiger partial charge in [0.05, 0.1) is 13.2 Å². The molecule has 0 spiro atoms. The minimum Gasteiger partial charge on any atom is -0.395 e. The SMILES string of the molecule is OCCNc1ccc(-c2nc(C3CCOC3)no2)cc1. The molecule has 1 unspecified atom stereocenters. The molecule has 0 radical (unpaired) electrons. The lowest BCUT2D eigenvalue weighted by atomic mass is 10.1. The quantitative estimate of drug-likeness (QED) is 0.863. The van der Waals surface area contributed by atoms with E-state index in [2.05, 4.69) is 15.5 Å². The normalized spacial score (nSPS) is 18.4. The van der Waals surface area contributed by atoms with Crippen LogP contribution in [0.3, 0.4) is 0 Å². The van der Waals surface area contributed by atoms with Crippen LogP contribution in [-0.4, -0.2) is 41.6 Å². The summed E-state index contributed by atoms with van der Waals surface area (Å²) in [7, 11) is 0. The molecule has 1 aliphatic heterocycles. The number of hydrogen-bond acceptors (Lipinski definition) is 6. The zero-order valence-electron chi connectivity index (χ0n) is 11.1. The van der Waals surface area contributed by atoms with Crippen LogP contribution in [0, 0.1) is 0 Å². The molecule has 1 saturated heterocycles. The van der Waals surface area contributed by atoms with E-state index in [1.165, 1.54) is 0 Å². The van der Waals surface area contributed by atoms with E-state index in [4.69, 9.17) is 14.4 Å². The van der Waals surface area contributed by atoms with Crippen molar-refractivity contribution in [2.45, 2.75) is 12.3 Å². The van der Waals surface area contributed by atoms with Gasteiger partial charge in [0.15, 0.2) is 5.82 Å². The Morgan fingerprint density at radius 1 is 1.30 bits per heavy atom. The van der Waals surface area contributed by atoms with Gasteiger partial charge in [0.25, 0.3) is 5.89 Å². The van der Waals surface area contributed by atoms with E-state index >= 15 is 0 Å². The van der Waals surface area contributed by atoms with E-state index in [0.717, 1.165) is 30.1 Å². The van der Waals surface area contributed by atoms with Gasteiger partial charge in [-0.2, -0.15) is 4.98 Å². The number of benzene rings is 1. The molecule has 2 N–H and O–H groups in total. The molecule has 0 aliphatic carbocycles. The minimum absolute atomic E-state index is 0.109. The molecule has 0 amide bonds. The highest BCUT2D eigenvalue weighted by molar-refractivity contribution is 5.58. The summed E-state index contributed by atoms with van der Waals surface area (Å²) >= 11 is 0. The smallest absolute Gasteiger partial charge is 0.257 e. The number of rotatable bonds is 5. The van der Waals surface area contributed by atoms with Crippen molar-refractivity contribution in [2.75, 3.05) is 31.7 Å². The molecule has 3 rings (SSSR count). The lowest BCUT2D eigenvalue weighted by Gasteiger charge is -2.03. The van der Waals surface area contributed by atoms with Gasteiger partial charge in [-0.05, 0) is 30.7 Å². The second-order valence-corrected chi connectivity index (χ2v) is 4.75. The van der Waals surface area contributed by atoms with Gasteiger partial charge in [-0.15, -0.1) is 0 Å². The summed E-state index contributed by atoms with van der Waals surface area (Å²) < 4.78 is 10.6. The van der Waals surface area contributed by atoms with Crippen LogP contribution in [0.4, 0.5) is 5.69 Å². The summed E-state index contributed by atoms with van der Waals surface area (Å²) in [5.41, 5.74) is 1.84. The lowest BCUT2D eigenvalue weighted by molar-refractivity contribution is 0.192. The first-order valence-corrected chi connectivity index (χ1v) is 6.73. The molecule has 0 saturated carbocycles. The Morgan fingerprint density at radius 2 is 2.15 bits per heavy atom. The van der Waals surface area contributed by atoms with Crippen LogP contribution in [0.5, 0.6) is 0 Å². The number of aliphatic hydroxyl groups excluding tert-OH is 1. The predicted octanol–water partition coefficient (Wildman–Crippen LogP) is 1.64. The van der Waals surface area contributed by atoms with E-state index in [0.29, 0.717) is 19.0 Å². The number of aromatic nitrogens is 2. The Kier molecular flexibility index (Phi) is 3.94. The highest BCUT2D eigenvalue weighted by atomic mass is 16.5. The third-order valence-corrected chi connectivity index (χ3v) is 3.31. The fourth-order valence-corrected chi connectivity index (χ4v) is 2.19. The average molecular weight is 275 g/mol. The minimum atomic E-state index is 0.109. The van der Waals surface area contributed by atoms with Crippen molar-refractivity contribution in [1.82, 2.24) is 10.1 Å². The number of hydrogen-bond donors (Lipinski definition) is 2. The van der Waals surface area contributed by atoms with Crippen LogP contribution in [-0.2, 0) is 4.74 Å². The van der Waals surface area contributed by atoms with Gasteiger partial charge < -0.3 is 19.7 Å². The van der Waals surface area contributed by atoms with Crippen molar-refractivity contribution in [3.63, 3.8) is 0 Å². The molecule has 1 atom stereocenters. The second kappa shape index (κ2) is 6.02. The zero-order chi connectivity index (χ0) is 13.8. The van der Waals surface area contributed by atoms with Crippen molar-refractivity contribution in [1.29, 1.82) is 0 Å². The van der Waals surface area contributed by atoms with Crippen LogP contribution in [0.25, 0.3) is 11.5 Å². The van der Waals surface area contributed by atoms with Crippen molar-refractivity contribution in [2.24, 2.45) is 0 Å². The van der Waals surface area contributed by atoms with Crippen LogP contribution in [0.2, 0.25) is 0 Å². The van der Waals surface area contributed by atoms with E-state index in [1.54, 1.807) is 0 Å². The molecular formula is C14H17N3O3. The van der Waals surface area contributed by atoms with E-state index in [9.17, 15) is 0 Å². The van der Waals surface area contributed by atoms with Gasteiger partial charge in [-0.3, -0.25) is 0 Å². The molecular weight excluding hydrogens is 258 g/mol. The Morgan fingerprint density at radius 3 is 2.85 bits per heavy atom. The van der Waals surface area contributed by atoms with Gasteiger partial charge in [-0.25, -0.2) is 0 Å². The lowest BCUT2D eigenvalue weighted by Crippen LogP contribution is -2.04. The van der Waals surface area contributed by atoms with Crippen molar-refractivity contribution in [3.05, 3.63) is 30.1 Å². The third-order valence-electron chi connectivity index (χ3n) is 3.31. The Balaban J connectivity index is 1.72. The van der Waals surface area contributed by atoms with E-state index in [1.807, 2.05) is 24.3 Å². The molecule has 1 aliphatic rings. The first-order valence-electron chi connectivity index (χ1n) is 6.73. The van der Waals surface area contributed by atoms with Gasteiger partial charge in [0.2, 0.25) is 0 Å². The fraction of sp³-hybridized carbons (Fsp3) is 0.429. The molecule has 2 aromatic rings. The molecule has 0 bridgehead atoms. The summed E-state index contributed by atoms with van der Waals surface area (Å²) in [5, 5.41) is 15.9. The molecule has 106 valence electrons. The number of nitrogens with one attached hydrogen (secondary N) is 1. The van der Waals surface area contributed by atoms with E-state index in [-0.39, 0.29) is 12.5 Å². The van der Waals surface area contributed by atoms with E-state index < -0.39 is 0 Å². The van der Waals surface area contributed by atoms with Crippen molar-refractivity contribution < 1.29 is 14.4 Å². The van der Waals surface area contributed by atoms with Crippen LogP contribution >= 0.6 is 0 Å². The van der Waals surface area contributed by atoms with Gasteiger partial charge in [-0.1, -0.05) is 5.16 Å². The third kappa shape index (κ3) is 2.81. The topological polar surface area (TPSA) is 80.4 Å². The molecule has 6 nitrogen and oxygen atoms in total. The van der Waals surface area contributed by atoms with Crippen molar-refractivity contribution in [3.8, 4) is 11.5 Å². The largest absolute Gasteiger partial charge is 0.395 e. The predicted molar refractivity (Wildman–Crippen MR) is 73.5 cm³/mol. The number of anilines is 1. The fourth-order valence-electron chi connectivity index (χ4n) is 2.19. The number of nitrogens with zero attached hydrogens (tertiary/aromatic N) is 2. The van der Waals surface area contributed by atoms with Crippen LogP contribution in [0.15, 0.2) is 28.8 Å². The monoisotopic (exact) mass is 275 g/mol. The highest BCUT2D eigenvalue weighted by Gasteiger charge is 2.23. The van der Waals surface area contributed by atoms with Gasteiger partial charge in [0.1, 0.15) is 0 Å². The van der Waals surface area contributed by atoms with Crippen molar-refractivity contribution >= 4 is 5.69 Å². The number of ether oxygens (including phenoxy) is 1. The summed E-state index contributed by atoms with van der Waals surface area (Å²) in [5.74, 6) is 1.50. The average Bonchev–Trinajstić information content (AvgIpc) is 3.16. The standard InChI is InChI=1S/C14H17N3O3/c18-7-6-15-12-3-1-10(2-4-12)14-16-13(17-20-14)11-5-8-19-9-11/h1-4,11,15,18H,5-9H2. The highest BCUT2D eigenvalue weighted by Crippen LogP contribution is 2.26. The maximum Gasteiger partial charge on any atom is 0.257 e. The Bertz CT molecular complexity index is 547. The summed E-state index contributed by atoms with van der Waals surface area (Å²) in [6, 6.07) is 7.69. The number of aliphatic hydroxyl groups is 1.